The number of nitrogens with one attached hydrogen (secondary N) is 2. The molecular weight excluding hydrogens is 230 g/mol. The van der Waals surface area contributed by atoms with Gasteiger partial charge < -0.3 is 10.1 Å². The minimum absolute atomic E-state index is 0.0231. The predicted molar refractivity (Wildman–Crippen MR) is 68.6 cm³/mol. The van der Waals surface area contributed by atoms with Gasteiger partial charge in [-0.2, -0.15) is 5.10 Å². The number of anilines is 1. The predicted octanol–water partition coefficient (Wildman–Crippen LogP) is 2.04. The molecule has 0 aliphatic carbocycles. The van der Waals surface area contributed by atoms with Crippen molar-refractivity contribution in [1.29, 1.82) is 0 Å². The molecule has 1 amide bonds. The van der Waals surface area contributed by atoms with Gasteiger partial charge in [-0.1, -0.05) is 18.2 Å². The zero-order valence-corrected chi connectivity index (χ0v) is 10.4. The van der Waals surface area contributed by atoms with Crippen LogP contribution in [0.15, 0.2) is 30.5 Å². The summed E-state index contributed by atoms with van der Waals surface area (Å²) in [6.07, 6.45) is 1.57. The van der Waals surface area contributed by atoms with Gasteiger partial charge in [0, 0.05) is 6.07 Å². The average molecular weight is 245 g/mol. The Labute approximate surface area is 105 Å². The molecule has 0 bridgehead atoms. The van der Waals surface area contributed by atoms with Gasteiger partial charge in [-0.05, 0) is 25.0 Å². The number of aromatic nitrogens is 2. The van der Waals surface area contributed by atoms with Crippen LogP contribution in [0, 0.1) is 13.8 Å². The quantitative estimate of drug-likeness (QED) is 0.866. The Morgan fingerprint density at radius 2 is 2.06 bits per heavy atom. The molecule has 94 valence electrons. The van der Waals surface area contributed by atoms with Crippen LogP contribution in [0.4, 0.5) is 5.82 Å². The monoisotopic (exact) mass is 245 g/mol. The summed E-state index contributed by atoms with van der Waals surface area (Å²) in [4.78, 5) is 11.6. The van der Waals surface area contributed by atoms with E-state index in [0.717, 1.165) is 16.9 Å². The summed E-state index contributed by atoms with van der Waals surface area (Å²) in [6, 6.07) is 7.55. The minimum Gasteiger partial charge on any atom is -0.483 e. The first kappa shape index (κ1) is 12.2. The number of H-pyrrole nitrogens is 1. The molecule has 5 nitrogen and oxygen atoms in total. The van der Waals surface area contributed by atoms with E-state index < -0.39 is 0 Å². The van der Waals surface area contributed by atoms with Crippen molar-refractivity contribution in [2.75, 3.05) is 11.9 Å². The number of carbonyl (C=O) groups excluding carboxylic acids is 1. The molecule has 5 heteroatoms. The third-order valence-electron chi connectivity index (χ3n) is 2.53. The summed E-state index contributed by atoms with van der Waals surface area (Å²) in [6.45, 7) is 3.88. The summed E-state index contributed by atoms with van der Waals surface area (Å²) in [5.41, 5.74) is 2.04. The second-order valence-corrected chi connectivity index (χ2v) is 4.03. The summed E-state index contributed by atoms with van der Waals surface area (Å²) >= 11 is 0. The fourth-order valence-electron chi connectivity index (χ4n) is 1.68. The lowest BCUT2D eigenvalue weighted by Gasteiger charge is -2.11. The molecule has 2 rings (SSSR count). The van der Waals surface area contributed by atoms with E-state index in [1.807, 2.05) is 32.0 Å². The van der Waals surface area contributed by atoms with Crippen LogP contribution >= 0.6 is 0 Å². The first-order valence-corrected chi connectivity index (χ1v) is 5.65. The van der Waals surface area contributed by atoms with Gasteiger partial charge in [-0.25, -0.2) is 0 Å². The number of carbonyl (C=O) groups is 1. The lowest BCUT2D eigenvalue weighted by atomic mass is 10.1. The van der Waals surface area contributed by atoms with Crippen LogP contribution in [-0.2, 0) is 4.79 Å². The minimum atomic E-state index is -0.220. The van der Waals surface area contributed by atoms with Gasteiger partial charge in [0.2, 0.25) is 0 Å². The zero-order chi connectivity index (χ0) is 13.0. The number of hydrogen-bond acceptors (Lipinski definition) is 3. The van der Waals surface area contributed by atoms with Crippen LogP contribution in [0.1, 0.15) is 11.1 Å². The Morgan fingerprint density at radius 1 is 1.33 bits per heavy atom. The van der Waals surface area contributed by atoms with E-state index in [1.165, 1.54) is 0 Å². The number of aryl methyl sites for hydroxylation is 2. The Balaban J connectivity index is 1.93. The molecular formula is C13H15N3O2. The molecule has 1 aromatic heterocycles. The Morgan fingerprint density at radius 3 is 2.67 bits per heavy atom. The highest BCUT2D eigenvalue weighted by molar-refractivity contribution is 5.90. The van der Waals surface area contributed by atoms with Gasteiger partial charge >= 0.3 is 0 Å². The average Bonchev–Trinajstić information content (AvgIpc) is 2.81. The highest BCUT2D eigenvalue weighted by Gasteiger charge is 2.07. The van der Waals surface area contributed by atoms with E-state index in [9.17, 15) is 4.79 Å². The summed E-state index contributed by atoms with van der Waals surface area (Å²) in [7, 11) is 0. The topological polar surface area (TPSA) is 67.0 Å². The molecule has 2 aromatic rings. The number of nitrogens with zero attached hydrogens (tertiary/aromatic N) is 1. The van der Waals surface area contributed by atoms with Crippen LogP contribution in [0.25, 0.3) is 0 Å². The lowest BCUT2D eigenvalue weighted by Crippen LogP contribution is -2.20. The smallest absolute Gasteiger partial charge is 0.263 e. The Bertz CT molecular complexity index is 515. The molecule has 0 saturated heterocycles. The molecule has 1 aromatic carbocycles. The molecule has 18 heavy (non-hydrogen) atoms. The number of rotatable bonds is 4. The molecule has 0 aliphatic heterocycles. The number of aromatic amines is 1. The molecule has 0 aliphatic rings. The SMILES string of the molecule is Cc1cccc(C)c1OCC(=O)Nc1ccn[nH]1. The van der Waals surface area contributed by atoms with Crippen LogP contribution in [0.5, 0.6) is 5.75 Å². The van der Waals surface area contributed by atoms with E-state index in [1.54, 1.807) is 12.3 Å². The molecule has 2 N–H and O–H groups in total. The maximum atomic E-state index is 11.6. The van der Waals surface area contributed by atoms with Crippen molar-refractivity contribution in [3.05, 3.63) is 41.6 Å². The second kappa shape index (κ2) is 5.35. The highest BCUT2D eigenvalue weighted by atomic mass is 16.5. The molecule has 0 unspecified atom stereocenters. The van der Waals surface area contributed by atoms with Gasteiger partial charge in [0.1, 0.15) is 11.6 Å². The second-order valence-electron chi connectivity index (χ2n) is 4.03. The zero-order valence-electron chi connectivity index (χ0n) is 10.4. The van der Waals surface area contributed by atoms with Crippen LogP contribution in [-0.4, -0.2) is 22.7 Å². The van der Waals surface area contributed by atoms with E-state index in [0.29, 0.717) is 5.82 Å². The maximum absolute atomic E-state index is 11.6. The third kappa shape index (κ3) is 2.88. The van der Waals surface area contributed by atoms with Crippen molar-refractivity contribution in [3.8, 4) is 5.75 Å². The van der Waals surface area contributed by atoms with E-state index in [-0.39, 0.29) is 12.5 Å². The summed E-state index contributed by atoms with van der Waals surface area (Å²) in [5, 5.41) is 9.04. The van der Waals surface area contributed by atoms with Gasteiger partial charge in [-0.3, -0.25) is 9.89 Å². The number of amides is 1. The number of hydrogen-bond donors (Lipinski definition) is 2. The van der Waals surface area contributed by atoms with E-state index >= 15 is 0 Å². The van der Waals surface area contributed by atoms with Crippen LogP contribution in [0.3, 0.4) is 0 Å². The van der Waals surface area contributed by atoms with Crippen molar-refractivity contribution >= 4 is 11.7 Å². The fraction of sp³-hybridized carbons (Fsp3) is 0.231. The molecule has 0 fully saturated rings. The van der Waals surface area contributed by atoms with Crippen LogP contribution in [0.2, 0.25) is 0 Å². The van der Waals surface area contributed by atoms with E-state index in [4.69, 9.17) is 4.74 Å². The third-order valence-corrected chi connectivity index (χ3v) is 2.53. The lowest BCUT2D eigenvalue weighted by molar-refractivity contribution is -0.118. The Kier molecular flexibility index (Phi) is 3.62. The Hall–Kier alpha value is -2.30. The fourth-order valence-corrected chi connectivity index (χ4v) is 1.68. The molecule has 0 saturated carbocycles. The van der Waals surface area contributed by atoms with Crippen molar-refractivity contribution in [2.45, 2.75) is 13.8 Å². The summed E-state index contributed by atoms with van der Waals surface area (Å²) in [5.74, 6) is 1.10. The standard InChI is InChI=1S/C13H15N3O2/c1-9-4-3-5-10(2)13(9)18-8-12(17)15-11-6-7-14-16-11/h3-7H,8H2,1-2H3,(H2,14,15,16,17). The van der Waals surface area contributed by atoms with Gasteiger partial charge in [-0.15, -0.1) is 0 Å². The summed E-state index contributed by atoms with van der Waals surface area (Å²) < 4.78 is 5.53. The first-order chi connectivity index (χ1) is 8.66. The number of benzene rings is 1. The van der Waals surface area contributed by atoms with Gasteiger partial charge in [0.15, 0.2) is 6.61 Å². The van der Waals surface area contributed by atoms with Crippen molar-refractivity contribution in [3.63, 3.8) is 0 Å². The van der Waals surface area contributed by atoms with Crippen molar-refractivity contribution in [1.82, 2.24) is 10.2 Å². The van der Waals surface area contributed by atoms with Gasteiger partial charge in [0.25, 0.3) is 5.91 Å². The van der Waals surface area contributed by atoms with E-state index in [2.05, 4.69) is 15.5 Å². The molecule has 0 atom stereocenters. The highest BCUT2D eigenvalue weighted by Crippen LogP contribution is 2.22. The van der Waals surface area contributed by atoms with Crippen molar-refractivity contribution < 1.29 is 9.53 Å². The molecule has 0 spiro atoms. The largest absolute Gasteiger partial charge is 0.483 e. The van der Waals surface area contributed by atoms with Gasteiger partial charge in [0.05, 0.1) is 6.20 Å². The van der Waals surface area contributed by atoms with Crippen LogP contribution < -0.4 is 10.1 Å². The molecule has 0 radical (unpaired) electrons. The first-order valence-electron chi connectivity index (χ1n) is 5.65. The number of para-hydroxylation sites is 1. The normalized spacial score (nSPS) is 10.1. The number of ether oxygens (including phenoxy) is 1. The maximum Gasteiger partial charge on any atom is 0.263 e. The van der Waals surface area contributed by atoms with Crippen molar-refractivity contribution in [2.24, 2.45) is 0 Å². The molecule has 1 heterocycles.